The van der Waals surface area contributed by atoms with E-state index in [0.717, 1.165) is 34.3 Å². The number of benzene rings is 2. The minimum Gasteiger partial charge on any atom is -0.870 e. The summed E-state index contributed by atoms with van der Waals surface area (Å²) >= 11 is 0. The van der Waals surface area contributed by atoms with E-state index in [1.54, 1.807) is 12.1 Å². The van der Waals surface area contributed by atoms with E-state index in [1.165, 1.54) is 7.11 Å². The van der Waals surface area contributed by atoms with Crippen LogP contribution in [0.2, 0.25) is 0 Å². The molecule has 9 nitrogen and oxygen atoms in total. The Hall–Kier alpha value is -3.88. The zero-order chi connectivity index (χ0) is 20.6. The molecule has 2 amide bonds. The minimum absolute atomic E-state index is 0.188. The lowest BCUT2D eigenvalue weighted by molar-refractivity contribution is -0.385. The average molecular weight is 382 g/mol. The number of rotatable bonds is 4. The van der Waals surface area contributed by atoms with Crippen molar-refractivity contribution in [1.29, 1.82) is 0 Å². The number of hydrazine groups is 1. The number of hydrogen-bond acceptors (Lipinski definition) is 6. The van der Waals surface area contributed by atoms with Crippen LogP contribution in [0, 0.1) is 24.0 Å². The summed E-state index contributed by atoms with van der Waals surface area (Å²) in [6, 6.07) is 7.22. The second-order valence-electron chi connectivity index (χ2n) is 6.23. The van der Waals surface area contributed by atoms with E-state index in [0.29, 0.717) is 5.69 Å². The van der Waals surface area contributed by atoms with Gasteiger partial charge in [-0.25, -0.2) is 5.01 Å². The van der Waals surface area contributed by atoms with Gasteiger partial charge in [-0.1, -0.05) is 11.8 Å². The van der Waals surface area contributed by atoms with Crippen LogP contribution in [0.4, 0.5) is 11.4 Å². The Bertz CT molecular complexity index is 1040. The molecule has 2 aromatic rings. The maximum Gasteiger partial charge on any atom is 0.282 e. The first-order valence-electron chi connectivity index (χ1n) is 8.20. The normalized spacial score (nSPS) is 15.1. The summed E-state index contributed by atoms with van der Waals surface area (Å²) < 4.78 is 4.87. The van der Waals surface area contributed by atoms with E-state index in [-0.39, 0.29) is 22.6 Å². The van der Waals surface area contributed by atoms with Crippen LogP contribution < -0.4 is 20.3 Å². The Morgan fingerprint density at radius 1 is 1.14 bits per heavy atom. The van der Waals surface area contributed by atoms with Crippen LogP contribution in [0.3, 0.4) is 0 Å². The van der Waals surface area contributed by atoms with Gasteiger partial charge in [0, 0.05) is 6.07 Å². The molecule has 1 saturated heterocycles. The van der Waals surface area contributed by atoms with Crippen molar-refractivity contribution in [2.24, 2.45) is 0 Å². The Kier molecular flexibility index (Phi) is 4.74. The van der Waals surface area contributed by atoms with Gasteiger partial charge in [-0.2, -0.15) is 0 Å². The fraction of sp³-hybridized carbons (Fsp3) is 0.158. The predicted molar refractivity (Wildman–Crippen MR) is 98.6 cm³/mol. The molecule has 0 bridgehead atoms. The van der Waals surface area contributed by atoms with E-state index in [4.69, 9.17) is 4.74 Å². The van der Waals surface area contributed by atoms with Gasteiger partial charge in [0.25, 0.3) is 17.5 Å². The van der Waals surface area contributed by atoms with Crippen molar-refractivity contribution in [2.75, 3.05) is 12.1 Å². The van der Waals surface area contributed by atoms with Crippen LogP contribution in [-0.2, 0) is 9.59 Å². The van der Waals surface area contributed by atoms with Crippen LogP contribution in [0.25, 0.3) is 6.08 Å². The van der Waals surface area contributed by atoms with Crippen molar-refractivity contribution < 1.29 is 24.4 Å². The van der Waals surface area contributed by atoms with Crippen molar-refractivity contribution in [3.8, 4) is 11.5 Å². The smallest absolute Gasteiger partial charge is 0.282 e. The standard InChI is InChI=1S/C19H17N3O6/c1-10-4-5-13(6-11(10)2)21-19(25)15(18(24)20-21)8-12-7-14(22(26)27)9-16(28-3)17(12)23/h4-9,23H,1-3H3,(H,20,24)/p-1/b15-8+. The number of nitro groups is 1. The molecule has 0 radical (unpaired) electrons. The molecular formula is C19H16N3O6-. The number of nitrogens with one attached hydrogen (secondary N) is 1. The number of anilines is 1. The molecule has 1 fully saturated rings. The summed E-state index contributed by atoms with van der Waals surface area (Å²) in [5, 5.41) is 24.5. The molecule has 1 aliphatic heterocycles. The molecule has 0 spiro atoms. The van der Waals surface area contributed by atoms with Gasteiger partial charge >= 0.3 is 0 Å². The summed E-state index contributed by atoms with van der Waals surface area (Å²) in [4.78, 5) is 35.4. The first kappa shape index (κ1) is 18.9. The first-order valence-corrected chi connectivity index (χ1v) is 8.20. The number of nitrogens with zero attached hydrogens (tertiary/aromatic N) is 2. The molecule has 0 atom stereocenters. The molecule has 144 valence electrons. The summed E-state index contributed by atoms with van der Waals surface area (Å²) in [6.45, 7) is 3.79. The number of ether oxygens (including phenoxy) is 1. The molecule has 9 heteroatoms. The number of hydrogen-bond donors (Lipinski definition) is 1. The molecule has 0 aromatic heterocycles. The van der Waals surface area contributed by atoms with Crippen LogP contribution >= 0.6 is 0 Å². The van der Waals surface area contributed by atoms with Crippen LogP contribution in [0.15, 0.2) is 35.9 Å². The molecule has 1 aliphatic rings. The van der Waals surface area contributed by atoms with Crippen LogP contribution in [0.1, 0.15) is 16.7 Å². The lowest BCUT2D eigenvalue weighted by atomic mass is 10.1. The van der Waals surface area contributed by atoms with Crippen molar-refractivity contribution >= 4 is 29.3 Å². The van der Waals surface area contributed by atoms with Gasteiger partial charge in [0.05, 0.1) is 23.8 Å². The van der Waals surface area contributed by atoms with E-state index in [2.05, 4.69) is 5.43 Å². The quantitative estimate of drug-likeness (QED) is 0.372. The lowest BCUT2D eigenvalue weighted by Crippen LogP contribution is -2.35. The van der Waals surface area contributed by atoms with Gasteiger partial charge in [0.15, 0.2) is 0 Å². The van der Waals surface area contributed by atoms with Gasteiger partial charge in [0.1, 0.15) is 11.3 Å². The minimum atomic E-state index is -0.715. The fourth-order valence-electron chi connectivity index (χ4n) is 2.73. The number of carbonyl (C=O) groups is 2. The second kappa shape index (κ2) is 7.03. The predicted octanol–water partition coefficient (Wildman–Crippen LogP) is 1.76. The number of aryl methyl sites for hydroxylation is 2. The number of amides is 2. The summed E-state index contributed by atoms with van der Waals surface area (Å²) in [5.74, 6) is -2.30. The second-order valence-corrected chi connectivity index (χ2v) is 6.23. The van der Waals surface area contributed by atoms with Gasteiger partial charge in [-0.05, 0) is 48.7 Å². The number of non-ortho nitro benzene ring substituents is 1. The number of nitro benzene ring substituents is 1. The maximum atomic E-state index is 12.7. The summed E-state index contributed by atoms with van der Waals surface area (Å²) in [5.41, 5.74) is 3.97. The first-order chi connectivity index (χ1) is 13.2. The highest BCUT2D eigenvalue weighted by molar-refractivity contribution is 6.31. The molecule has 1 N–H and O–H groups in total. The third-order valence-electron chi connectivity index (χ3n) is 4.44. The largest absolute Gasteiger partial charge is 0.870 e. The van der Waals surface area contributed by atoms with Crippen molar-refractivity contribution in [3.05, 3.63) is 62.7 Å². The van der Waals surface area contributed by atoms with E-state index in [9.17, 15) is 24.8 Å². The topological polar surface area (TPSA) is 125 Å². The zero-order valence-corrected chi connectivity index (χ0v) is 15.3. The molecule has 0 aliphatic carbocycles. The molecule has 0 saturated carbocycles. The SMILES string of the molecule is COc1cc([N+](=O)[O-])cc(/C=C2\C(=O)NN(c3ccc(C)c(C)c3)C2=O)c1[O-]. The molecule has 2 aromatic carbocycles. The molecule has 28 heavy (non-hydrogen) atoms. The van der Waals surface area contributed by atoms with E-state index >= 15 is 0 Å². The fourth-order valence-corrected chi connectivity index (χ4v) is 2.73. The highest BCUT2D eigenvalue weighted by Crippen LogP contribution is 2.34. The third-order valence-corrected chi connectivity index (χ3v) is 4.44. The molecule has 0 unspecified atom stereocenters. The number of methoxy groups -OCH3 is 1. The lowest BCUT2D eigenvalue weighted by Gasteiger charge is -2.16. The van der Waals surface area contributed by atoms with Crippen molar-refractivity contribution in [3.63, 3.8) is 0 Å². The average Bonchev–Trinajstić information content (AvgIpc) is 2.93. The number of carbonyl (C=O) groups excluding carboxylic acids is 2. The van der Waals surface area contributed by atoms with Crippen LogP contribution in [0.5, 0.6) is 11.5 Å². The van der Waals surface area contributed by atoms with E-state index in [1.807, 2.05) is 19.9 Å². The monoisotopic (exact) mass is 382 g/mol. The highest BCUT2D eigenvalue weighted by atomic mass is 16.6. The molecule has 3 rings (SSSR count). The van der Waals surface area contributed by atoms with Crippen molar-refractivity contribution in [1.82, 2.24) is 5.43 Å². The van der Waals surface area contributed by atoms with Gasteiger partial charge in [0.2, 0.25) is 0 Å². The molecular weight excluding hydrogens is 366 g/mol. The van der Waals surface area contributed by atoms with Crippen LogP contribution in [-0.4, -0.2) is 23.8 Å². The molecule has 1 heterocycles. The maximum absolute atomic E-state index is 12.7. The van der Waals surface area contributed by atoms with E-state index < -0.39 is 22.5 Å². The summed E-state index contributed by atoms with van der Waals surface area (Å²) in [6.07, 6.45) is 1.04. The Balaban J connectivity index is 2.04. The Morgan fingerprint density at radius 3 is 2.46 bits per heavy atom. The Morgan fingerprint density at radius 2 is 1.86 bits per heavy atom. The third kappa shape index (κ3) is 3.25. The summed E-state index contributed by atoms with van der Waals surface area (Å²) in [7, 11) is 1.20. The zero-order valence-electron chi connectivity index (χ0n) is 15.3. The van der Waals surface area contributed by atoms with Gasteiger partial charge < -0.3 is 9.84 Å². The highest BCUT2D eigenvalue weighted by Gasteiger charge is 2.34. The van der Waals surface area contributed by atoms with Gasteiger partial charge in [-0.15, -0.1) is 0 Å². The van der Waals surface area contributed by atoms with Crippen molar-refractivity contribution in [2.45, 2.75) is 13.8 Å². The van der Waals surface area contributed by atoms with Gasteiger partial charge in [-0.3, -0.25) is 25.1 Å². The Labute approximate surface area is 160 Å².